The molecule has 0 saturated heterocycles. The summed E-state index contributed by atoms with van der Waals surface area (Å²) >= 11 is 0. The fourth-order valence-electron chi connectivity index (χ4n) is 2.50. The van der Waals surface area contributed by atoms with Crippen LogP contribution in [0.5, 0.6) is 0 Å². The first-order chi connectivity index (χ1) is 9.22. The summed E-state index contributed by atoms with van der Waals surface area (Å²) < 4.78 is 5.39. The Hall–Kier alpha value is -0.860. The molecular formula is C16H28O3. The van der Waals surface area contributed by atoms with E-state index in [-0.39, 0.29) is 12.1 Å². The lowest BCUT2D eigenvalue weighted by Gasteiger charge is -2.21. The molecule has 110 valence electrons. The molecule has 1 fully saturated rings. The summed E-state index contributed by atoms with van der Waals surface area (Å²) in [4.78, 5) is 22.7. The smallest absolute Gasteiger partial charge is 0.306 e. The topological polar surface area (TPSA) is 43.4 Å². The molecule has 0 bridgehead atoms. The van der Waals surface area contributed by atoms with Gasteiger partial charge in [-0.15, -0.1) is 0 Å². The van der Waals surface area contributed by atoms with Crippen LogP contribution in [0.25, 0.3) is 0 Å². The predicted molar refractivity (Wildman–Crippen MR) is 76.0 cm³/mol. The van der Waals surface area contributed by atoms with E-state index in [1.165, 1.54) is 32.1 Å². The van der Waals surface area contributed by atoms with Gasteiger partial charge in [-0.2, -0.15) is 0 Å². The second kappa shape index (κ2) is 9.99. The summed E-state index contributed by atoms with van der Waals surface area (Å²) in [6, 6.07) is 0. The first-order valence-electron chi connectivity index (χ1n) is 7.93. The summed E-state index contributed by atoms with van der Waals surface area (Å²) in [6.07, 6.45) is 11.6. The number of rotatable bonds is 9. The van der Waals surface area contributed by atoms with Gasteiger partial charge in [-0.25, -0.2) is 0 Å². The molecule has 0 aromatic rings. The van der Waals surface area contributed by atoms with Gasteiger partial charge in [0, 0.05) is 19.3 Å². The van der Waals surface area contributed by atoms with Crippen molar-refractivity contribution in [3.63, 3.8) is 0 Å². The van der Waals surface area contributed by atoms with Gasteiger partial charge in [0.05, 0.1) is 0 Å². The summed E-state index contributed by atoms with van der Waals surface area (Å²) in [5.41, 5.74) is 0. The second-order valence-corrected chi connectivity index (χ2v) is 5.60. The van der Waals surface area contributed by atoms with Crippen molar-refractivity contribution in [3.8, 4) is 0 Å². The number of ketones is 1. The van der Waals surface area contributed by atoms with Crippen LogP contribution < -0.4 is 0 Å². The minimum atomic E-state index is -0.0760. The number of unbranched alkanes of at least 4 members (excludes halogenated alkanes) is 6. The Labute approximate surface area is 117 Å². The van der Waals surface area contributed by atoms with Crippen molar-refractivity contribution >= 4 is 11.8 Å². The van der Waals surface area contributed by atoms with Crippen molar-refractivity contribution in [2.24, 2.45) is 0 Å². The van der Waals surface area contributed by atoms with Crippen LogP contribution in [0.15, 0.2) is 0 Å². The fraction of sp³-hybridized carbons (Fsp3) is 0.875. The van der Waals surface area contributed by atoms with Crippen LogP contribution >= 0.6 is 0 Å². The van der Waals surface area contributed by atoms with E-state index in [1.54, 1.807) is 0 Å². The number of esters is 1. The van der Waals surface area contributed by atoms with Gasteiger partial charge in [0.1, 0.15) is 11.9 Å². The minimum absolute atomic E-state index is 0.00486. The zero-order chi connectivity index (χ0) is 13.9. The zero-order valence-electron chi connectivity index (χ0n) is 12.3. The highest BCUT2D eigenvalue weighted by molar-refractivity contribution is 5.79. The van der Waals surface area contributed by atoms with Gasteiger partial charge >= 0.3 is 5.97 Å². The van der Waals surface area contributed by atoms with Gasteiger partial charge in [-0.3, -0.25) is 9.59 Å². The van der Waals surface area contributed by atoms with Crippen molar-refractivity contribution in [2.75, 3.05) is 0 Å². The molecule has 0 N–H and O–H groups in total. The summed E-state index contributed by atoms with van der Waals surface area (Å²) in [6.45, 7) is 2.22. The molecule has 3 heteroatoms. The van der Waals surface area contributed by atoms with Crippen molar-refractivity contribution in [1.29, 1.82) is 0 Å². The van der Waals surface area contributed by atoms with Crippen LogP contribution in [-0.2, 0) is 14.3 Å². The minimum Gasteiger partial charge on any atom is -0.462 e. The van der Waals surface area contributed by atoms with Crippen LogP contribution in [0.1, 0.15) is 84.0 Å². The summed E-state index contributed by atoms with van der Waals surface area (Å²) in [7, 11) is 0. The van der Waals surface area contributed by atoms with Crippen LogP contribution in [0, 0.1) is 0 Å². The van der Waals surface area contributed by atoms with Gasteiger partial charge < -0.3 is 4.74 Å². The summed E-state index contributed by atoms with van der Waals surface area (Å²) in [5, 5.41) is 0. The third kappa shape index (κ3) is 8.02. The maximum atomic E-state index is 11.6. The molecule has 0 aromatic carbocycles. The van der Waals surface area contributed by atoms with E-state index in [0.29, 0.717) is 25.0 Å². The number of Topliss-reactive ketones (excluding diaryl/α,β-unsaturated/α-hetero) is 1. The zero-order valence-corrected chi connectivity index (χ0v) is 12.3. The van der Waals surface area contributed by atoms with E-state index in [1.807, 2.05) is 0 Å². The standard InChI is InChI=1S/C16H28O3/c1-2-3-4-5-6-7-8-9-16(18)19-15-12-10-14(17)11-13-15/h15H,2-13H2,1H3. The van der Waals surface area contributed by atoms with Crippen molar-refractivity contribution in [2.45, 2.75) is 90.1 Å². The van der Waals surface area contributed by atoms with E-state index in [9.17, 15) is 9.59 Å². The van der Waals surface area contributed by atoms with E-state index < -0.39 is 0 Å². The van der Waals surface area contributed by atoms with Crippen molar-refractivity contribution in [3.05, 3.63) is 0 Å². The Kier molecular flexibility index (Phi) is 8.52. The predicted octanol–water partition coefficient (Wildman–Crippen LogP) is 4.18. The number of carbonyl (C=O) groups is 2. The van der Waals surface area contributed by atoms with Gasteiger partial charge in [0.25, 0.3) is 0 Å². The third-order valence-electron chi connectivity index (χ3n) is 3.77. The Bertz CT molecular complexity index is 263. The number of hydrogen-bond acceptors (Lipinski definition) is 3. The SMILES string of the molecule is CCCCCCCCCC(=O)OC1CCC(=O)CC1. The molecule has 19 heavy (non-hydrogen) atoms. The van der Waals surface area contributed by atoms with Gasteiger partial charge in [0.15, 0.2) is 0 Å². The molecule has 1 saturated carbocycles. The lowest BCUT2D eigenvalue weighted by atomic mass is 9.96. The van der Waals surface area contributed by atoms with Crippen molar-refractivity contribution < 1.29 is 14.3 Å². The maximum Gasteiger partial charge on any atom is 0.306 e. The van der Waals surface area contributed by atoms with E-state index >= 15 is 0 Å². The Morgan fingerprint density at radius 2 is 1.63 bits per heavy atom. The van der Waals surface area contributed by atoms with E-state index in [2.05, 4.69) is 6.92 Å². The third-order valence-corrected chi connectivity index (χ3v) is 3.77. The fourth-order valence-corrected chi connectivity index (χ4v) is 2.50. The molecular weight excluding hydrogens is 240 g/mol. The average Bonchev–Trinajstić information content (AvgIpc) is 2.40. The second-order valence-electron chi connectivity index (χ2n) is 5.60. The molecule has 0 amide bonds. The monoisotopic (exact) mass is 268 g/mol. The maximum absolute atomic E-state index is 11.6. The molecule has 0 aromatic heterocycles. The molecule has 0 heterocycles. The highest BCUT2D eigenvalue weighted by Crippen LogP contribution is 2.19. The van der Waals surface area contributed by atoms with Gasteiger partial charge in [-0.05, 0) is 19.3 Å². The Morgan fingerprint density at radius 3 is 2.26 bits per heavy atom. The van der Waals surface area contributed by atoms with Crippen LogP contribution in [0.4, 0.5) is 0 Å². The highest BCUT2D eigenvalue weighted by atomic mass is 16.5. The molecule has 0 spiro atoms. The van der Waals surface area contributed by atoms with Crippen LogP contribution in [-0.4, -0.2) is 17.9 Å². The van der Waals surface area contributed by atoms with Crippen LogP contribution in [0.2, 0.25) is 0 Å². The average molecular weight is 268 g/mol. The normalized spacial score (nSPS) is 16.6. The van der Waals surface area contributed by atoms with Crippen LogP contribution in [0.3, 0.4) is 0 Å². The molecule has 3 nitrogen and oxygen atoms in total. The van der Waals surface area contributed by atoms with E-state index in [0.717, 1.165) is 25.7 Å². The molecule has 0 unspecified atom stereocenters. The Morgan fingerprint density at radius 1 is 1.05 bits per heavy atom. The summed E-state index contributed by atoms with van der Waals surface area (Å²) in [5.74, 6) is 0.229. The molecule has 0 radical (unpaired) electrons. The lowest BCUT2D eigenvalue weighted by molar-refractivity contribution is -0.152. The largest absolute Gasteiger partial charge is 0.462 e. The number of hydrogen-bond donors (Lipinski definition) is 0. The highest BCUT2D eigenvalue weighted by Gasteiger charge is 2.21. The molecule has 1 aliphatic rings. The van der Waals surface area contributed by atoms with Crippen molar-refractivity contribution in [1.82, 2.24) is 0 Å². The van der Waals surface area contributed by atoms with Gasteiger partial charge in [0.2, 0.25) is 0 Å². The molecule has 1 aliphatic carbocycles. The number of ether oxygens (including phenoxy) is 1. The Balaban J connectivity index is 1.94. The number of carbonyl (C=O) groups excluding carboxylic acids is 2. The first-order valence-corrected chi connectivity index (χ1v) is 7.93. The molecule has 0 atom stereocenters. The van der Waals surface area contributed by atoms with Gasteiger partial charge in [-0.1, -0.05) is 45.4 Å². The quantitative estimate of drug-likeness (QED) is 0.465. The first kappa shape index (κ1) is 16.2. The molecule has 1 rings (SSSR count). The lowest BCUT2D eigenvalue weighted by Crippen LogP contribution is -2.24. The van der Waals surface area contributed by atoms with E-state index in [4.69, 9.17) is 4.74 Å². The molecule has 0 aliphatic heterocycles.